The van der Waals surface area contributed by atoms with Gasteiger partial charge in [-0.2, -0.15) is 0 Å². The minimum Gasteiger partial charge on any atom is -0.502 e. The molecule has 0 fully saturated rings. The van der Waals surface area contributed by atoms with Crippen LogP contribution in [0.15, 0.2) is 47.6 Å². The highest BCUT2D eigenvalue weighted by Crippen LogP contribution is 2.33. The van der Waals surface area contributed by atoms with Gasteiger partial charge in [0.1, 0.15) is 5.71 Å². The smallest absolute Gasteiger partial charge is 0.311 e. The summed E-state index contributed by atoms with van der Waals surface area (Å²) in [6, 6.07) is 11.9. The van der Waals surface area contributed by atoms with E-state index in [2.05, 4.69) is 12.1 Å². The van der Waals surface area contributed by atoms with E-state index in [0.717, 1.165) is 24.8 Å². The monoisotopic (exact) mass is 384 g/mol. The van der Waals surface area contributed by atoms with Crippen molar-refractivity contribution in [1.82, 2.24) is 0 Å². The maximum absolute atomic E-state index is 11.4. The van der Waals surface area contributed by atoms with Gasteiger partial charge in [0, 0.05) is 11.6 Å². The first-order valence-electron chi connectivity index (χ1n) is 9.86. The summed E-state index contributed by atoms with van der Waals surface area (Å²) >= 11 is 0. The Balaban J connectivity index is 2.20. The van der Waals surface area contributed by atoms with E-state index >= 15 is 0 Å². The number of hydrogen-bond donors (Lipinski definition) is 2. The Morgan fingerprint density at radius 3 is 2.29 bits per heavy atom. The van der Waals surface area contributed by atoms with Crippen LogP contribution in [0.4, 0.5) is 5.69 Å². The molecular formula is C22H28N2O4. The van der Waals surface area contributed by atoms with E-state index in [1.807, 2.05) is 6.07 Å². The van der Waals surface area contributed by atoms with Crippen LogP contribution >= 0.6 is 0 Å². The molecule has 6 heteroatoms. The van der Waals surface area contributed by atoms with Gasteiger partial charge in [-0.15, -0.1) is 0 Å². The summed E-state index contributed by atoms with van der Waals surface area (Å²) in [5, 5.41) is 34.6. The molecule has 0 radical (unpaired) electrons. The predicted molar refractivity (Wildman–Crippen MR) is 110 cm³/mol. The van der Waals surface area contributed by atoms with E-state index in [9.17, 15) is 20.4 Å². The molecule has 0 aliphatic carbocycles. The molecule has 2 aromatic rings. The van der Waals surface area contributed by atoms with Gasteiger partial charge in [-0.3, -0.25) is 10.1 Å². The normalized spacial score (nSPS) is 11.5. The van der Waals surface area contributed by atoms with Crippen LogP contribution in [-0.4, -0.2) is 20.9 Å². The van der Waals surface area contributed by atoms with Crippen LogP contribution in [-0.2, 0) is 6.42 Å². The molecule has 2 aromatic carbocycles. The number of nitro groups is 1. The lowest BCUT2D eigenvalue weighted by molar-refractivity contribution is -0.385. The van der Waals surface area contributed by atoms with Gasteiger partial charge in [-0.05, 0) is 24.5 Å². The highest BCUT2D eigenvalue weighted by molar-refractivity contribution is 6.14. The Kier molecular flexibility index (Phi) is 8.46. The minimum atomic E-state index is -0.604. The third-order valence-electron chi connectivity index (χ3n) is 4.82. The number of nitro benzene ring substituents is 1. The van der Waals surface area contributed by atoms with Gasteiger partial charge in [0.15, 0.2) is 0 Å². The van der Waals surface area contributed by atoms with E-state index in [4.69, 9.17) is 0 Å². The molecule has 0 amide bonds. The average molecular weight is 384 g/mol. The molecule has 0 unspecified atom stereocenters. The van der Waals surface area contributed by atoms with Crippen molar-refractivity contribution < 1.29 is 15.2 Å². The minimum absolute atomic E-state index is 0.114. The van der Waals surface area contributed by atoms with Gasteiger partial charge in [-0.25, -0.2) is 0 Å². The largest absolute Gasteiger partial charge is 0.502 e. The number of aryl methyl sites for hydroxylation is 1. The number of nitrogens with zero attached hydrogens (tertiary/aromatic N) is 2. The number of rotatable bonds is 11. The van der Waals surface area contributed by atoms with Crippen LogP contribution in [0.3, 0.4) is 0 Å². The number of phenolic OH excluding ortho intramolecular Hbond substituents is 1. The second kappa shape index (κ2) is 11.1. The van der Waals surface area contributed by atoms with Crippen molar-refractivity contribution in [2.45, 2.75) is 58.3 Å². The van der Waals surface area contributed by atoms with Crippen molar-refractivity contribution in [3.05, 3.63) is 69.3 Å². The van der Waals surface area contributed by atoms with Gasteiger partial charge >= 0.3 is 5.69 Å². The average Bonchev–Trinajstić information content (AvgIpc) is 2.70. The number of unbranched alkanes of at least 4 members (excludes halogenated alkanes) is 6. The highest BCUT2D eigenvalue weighted by atomic mass is 16.6. The van der Waals surface area contributed by atoms with Crippen molar-refractivity contribution in [3.8, 4) is 5.75 Å². The first-order chi connectivity index (χ1) is 13.6. The Morgan fingerprint density at radius 1 is 1.04 bits per heavy atom. The predicted octanol–water partition coefficient (Wildman–Crippen LogP) is 5.82. The van der Waals surface area contributed by atoms with Gasteiger partial charge < -0.3 is 10.3 Å². The van der Waals surface area contributed by atoms with Gasteiger partial charge in [0.05, 0.1) is 10.5 Å². The maximum Gasteiger partial charge on any atom is 0.311 e. The van der Waals surface area contributed by atoms with Crippen LogP contribution < -0.4 is 0 Å². The Bertz CT molecular complexity index is 804. The molecule has 0 aliphatic rings. The van der Waals surface area contributed by atoms with Gasteiger partial charge in [-0.1, -0.05) is 80.9 Å². The fourth-order valence-corrected chi connectivity index (χ4v) is 3.29. The third-order valence-corrected chi connectivity index (χ3v) is 4.82. The number of oxime groups is 1. The highest BCUT2D eigenvalue weighted by Gasteiger charge is 2.23. The van der Waals surface area contributed by atoms with Crippen molar-refractivity contribution >= 4 is 11.4 Å². The summed E-state index contributed by atoms with van der Waals surface area (Å²) in [4.78, 5) is 10.8. The molecule has 0 aromatic heterocycles. The molecule has 6 nitrogen and oxygen atoms in total. The summed E-state index contributed by atoms with van der Waals surface area (Å²) in [7, 11) is 0. The van der Waals surface area contributed by atoms with Crippen molar-refractivity contribution in [2.75, 3.05) is 0 Å². The molecule has 0 spiro atoms. The summed E-state index contributed by atoms with van der Waals surface area (Å²) in [5.41, 5.74) is 1.24. The zero-order valence-corrected chi connectivity index (χ0v) is 16.3. The SMILES string of the molecule is CCCCCCCCCc1cc(/C(=N/O)c2ccccc2)c(O)c([N+](=O)[O-])c1. The van der Waals surface area contributed by atoms with Crippen LogP contribution in [0.25, 0.3) is 0 Å². The van der Waals surface area contributed by atoms with Crippen LogP contribution in [0.2, 0.25) is 0 Å². The third kappa shape index (κ3) is 5.81. The quantitative estimate of drug-likeness (QED) is 0.168. The molecule has 0 saturated carbocycles. The molecular weight excluding hydrogens is 356 g/mol. The first-order valence-corrected chi connectivity index (χ1v) is 9.86. The zero-order chi connectivity index (χ0) is 20.4. The van der Waals surface area contributed by atoms with E-state index in [0.29, 0.717) is 12.0 Å². The second-order valence-corrected chi connectivity index (χ2v) is 6.95. The second-order valence-electron chi connectivity index (χ2n) is 6.95. The van der Waals surface area contributed by atoms with E-state index in [-0.39, 0.29) is 17.0 Å². The molecule has 0 atom stereocenters. The Morgan fingerprint density at radius 2 is 1.68 bits per heavy atom. The Hall–Kier alpha value is -2.89. The molecule has 0 saturated heterocycles. The van der Waals surface area contributed by atoms with Crippen LogP contribution in [0.5, 0.6) is 5.75 Å². The number of hydrogen-bond acceptors (Lipinski definition) is 5. The van der Waals surface area contributed by atoms with E-state index < -0.39 is 10.7 Å². The standard InChI is InChI=1S/C22H28N2O4/c1-2-3-4-5-6-7-9-12-17-15-19(22(25)20(16-17)24(27)28)21(23-26)18-13-10-8-11-14-18/h8,10-11,13-16,25-26H,2-7,9,12H2,1H3/b23-21+. The summed E-state index contributed by atoms with van der Waals surface area (Å²) < 4.78 is 0. The fraction of sp³-hybridized carbons (Fsp3) is 0.409. The number of aromatic hydroxyl groups is 1. The molecule has 0 bridgehead atoms. The lowest BCUT2D eigenvalue weighted by Crippen LogP contribution is -2.06. The lowest BCUT2D eigenvalue weighted by atomic mass is 9.96. The fourth-order valence-electron chi connectivity index (χ4n) is 3.29. The van der Waals surface area contributed by atoms with Crippen molar-refractivity contribution in [3.63, 3.8) is 0 Å². The molecule has 150 valence electrons. The molecule has 2 N–H and O–H groups in total. The summed E-state index contributed by atoms with van der Waals surface area (Å²) in [5.74, 6) is -0.482. The summed E-state index contributed by atoms with van der Waals surface area (Å²) in [6.07, 6.45) is 8.75. The number of phenols is 1. The topological polar surface area (TPSA) is 96.0 Å². The lowest BCUT2D eigenvalue weighted by Gasteiger charge is -2.11. The molecule has 0 heterocycles. The van der Waals surface area contributed by atoms with Crippen LogP contribution in [0.1, 0.15) is 68.6 Å². The summed E-state index contributed by atoms with van der Waals surface area (Å²) in [6.45, 7) is 2.19. The zero-order valence-electron chi connectivity index (χ0n) is 16.3. The van der Waals surface area contributed by atoms with E-state index in [1.165, 1.54) is 31.7 Å². The molecule has 2 rings (SSSR count). The van der Waals surface area contributed by atoms with Crippen LogP contribution in [0, 0.1) is 10.1 Å². The van der Waals surface area contributed by atoms with Gasteiger partial charge in [0.25, 0.3) is 0 Å². The Labute approximate surface area is 165 Å². The van der Waals surface area contributed by atoms with E-state index in [1.54, 1.807) is 30.3 Å². The van der Waals surface area contributed by atoms with Gasteiger partial charge in [0.2, 0.25) is 5.75 Å². The first kappa shape index (κ1) is 21.4. The molecule has 0 aliphatic heterocycles. The molecule has 28 heavy (non-hydrogen) atoms. The van der Waals surface area contributed by atoms with Crippen molar-refractivity contribution in [2.24, 2.45) is 5.16 Å². The van der Waals surface area contributed by atoms with Crippen molar-refractivity contribution in [1.29, 1.82) is 0 Å². The maximum atomic E-state index is 11.4. The number of benzene rings is 2.